The second kappa shape index (κ2) is 5.06. The van der Waals surface area contributed by atoms with E-state index in [4.69, 9.17) is 0 Å². The third-order valence-corrected chi connectivity index (χ3v) is 4.14. The monoisotopic (exact) mass is 245 g/mol. The first kappa shape index (κ1) is 11.7. The van der Waals surface area contributed by atoms with E-state index >= 15 is 0 Å². The number of aryl methyl sites for hydroxylation is 1. The smallest absolute Gasteiger partial charge is 0.223 e. The van der Waals surface area contributed by atoms with Crippen molar-refractivity contribution < 1.29 is 4.79 Å². The van der Waals surface area contributed by atoms with Crippen molar-refractivity contribution in [2.45, 2.75) is 25.3 Å². The molecular formula is C14H19N3O. The fourth-order valence-electron chi connectivity index (χ4n) is 3.10. The Morgan fingerprint density at radius 3 is 3.06 bits per heavy atom. The summed E-state index contributed by atoms with van der Waals surface area (Å²) in [6.45, 7) is 3.01. The minimum Gasteiger partial charge on any atom is -0.338 e. The van der Waals surface area contributed by atoms with Crippen LogP contribution in [0.25, 0.3) is 0 Å². The largest absolute Gasteiger partial charge is 0.338 e. The highest BCUT2D eigenvalue weighted by Gasteiger charge is 2.39. The first-order valence-electron chi connectivity index (χ1n) is 6.73. The Bertz CT molecular complexity index is 420. The quantitative estimate of drug-likeness (QED) is 0.858. The maximum absolute atomic E-state index is 12.2. The fraction of sp³-hybridized carbons (Fsp3) is 0.571. The molecule has 96 valence electrons. The van der Waals surface area contributed by atoms with Gasteiger partial charge < -0.3 is 10.2 Å². The minimum absolute atomic E-state index is 0.308. The molecule has 3 rings (SSSR count). The van der Waals surface area contributed by atoms with Gasteiger partial charge in [-0.1, -0.05) is 0 Å². The summed E-state index contributed by atoms with van der Waals surface area (Å²) in [6, 6.07) is 4.42. The van der Waals surface area contributed by atoms with Crippen LogP contribution in [-0.2, 0) is 11.2 Å². The molecule has 4 heteroatoms. The molecule has 4 nitrogen and oxygen atoms in total. The molecule has 1 aromatic rings. The Morgan fingerprint density at radius 2 is 2.22 bits per heavy atom. The van der Waals surface area contributed by atoms with Gasteiger partial charge in [0, 0.05) is 44.5 Å². The van der Waals surface area contributed by atoms with Gasteiger partial charge in [-0.05, 0) is 36.5 Å². The molecule has 2 aliphatic heterocycles. The van der Waals surface area contributed by atoms with Gasteiger partial charge in [0.25, 0.3) is 0 Å². The van der Waals surface area contributed by atoms with Gasteiger partial charge in [0.2, 0.25) is 5.91 Å². The Kier molecular flexibility index (Phi) is 3.28. The molecule has 0 spiro atoms. The zero-order valence-corrected chi connectivity index (χ0v) is 10.5. The molecule has 3 heterocycles. The topological polar surface area (TPSA) is 45.2 Å². The normalized spacial score (nSPS) is 26.3. The number of amides is 1. The molecular weight excluding hydrogens is 226 g/mol. The zero-order chi connectivity index (χ0) is 12.4. The maximum Gasteiger partial charge on any atom is 0.223 e. The molecule has 1 N–H and O–H groups in total. The lowest BCUT2D eigenvalue weighted by molar-refractivity contribution is -0.131. The lowest BCUT2D eigenvalue weighted by Gasteiger charge is -2.23. The molecule has 2 saturated heterocycles. The summed E-state index contributed by atoms with van der Waals surface area (Å²) in [5.41, 5.74) is 1.19. The Balaban J connectivity index is 1.56. The number of carbonyl (C=O) groups excluding carboxylic acids is 1. The number of fused-ring (bicyclic) bond motifs is 1. The maximum atomic E-state index is 12.2. The number of nitrogens with zero attached hydrogens (tertiary/aromatic N) is 2. The van der Waals surface area contributed by atoms with E-state index < -0.39 is 0 Å². The van der Waals surface area contributed by atoms with E-state index in [0.29, 0.717) is 24.3 Å². The van der Waals surface area contributed by atoms with Crippen LogP contribution >= 0.6 is 0 Å². The number of likely N-dealkylation sites (tertiary alicyclic amines) is 1. The molecule has 18 heavy (non-hydrogen) atoms. The zero-order valence-electron chi connectivity index (χ0n) is 10.5. The number of aromatic nitrogens is 1. The Hall–Kier alpha value is -1.42. The summed E-state index contributed by atoms with van der Waals surface area (Å²) in [5.74, 6) is 0.998. The molecule has 0 saturated carbocycles. The van der Waals surface area contributed by atoms with Crippen molar-refractivity contribution in [2.24, 2.45) is 5.92 Å². The van der Waals surface area contributed by atoms with Crippen molar-refractivity contribution in [3.63, 3.8) is 0 Å². The fourth-order valence-corrected chi connectivity index (χ4v) is 3.10. The third-order valence-electron chi connectivity index (χ3n) is 4.14. The third kappa shape index (κ3) is 2.25. The minimum atomic E-state index is 0.308. The molecule has 0 unspecified atom stereocenters. The van der Waals surface area contributed by atoms with Gasteiger partial charge in [-0.25, -0.2) is 0 Å². The van der Waals surface area contributed by atoms with Gasteiger partial charge in [-0.2, -0.15) is 0 Å². The number of hydrogen-bond donors (Lipinski definition) is 1. The van der Waals surface area contributed by atoms with Crippen molar-refractivity contribution >= 4 is 5.91 Å². The van der Waals surface area contributed by atoms with E-state index in [1.807, 2.05) is 12.1 Å². The van der Waals surface area contributed by atoms with Crippen LogP contribution in [0, 0.1) is 5.92 Å². The summed E-state index contributed by atoms with van der Waals surface area (Å²) >= 11 is 0. The molecule has 2 aliphatic rings. The van der Waals surface area contributed by atoms with Crippen LogP contribution in [0.1, 0.15) is 18.4 Å². The first-order chi connectivity index (χ1) is 8.84. The van der Waals surface area contributed by atoms with Crippen LogP contribution in [0.2, 0.25) is 0 Å². The van der Waals surface area contributed by atoms with Crippen molar-refractivity contribution in [1.29, 1.82) is 0 Å². The van der Waals surface area contributed by atoms with E-state index in [0.717, 1.165) is 26.1 Å². The highest BCUT2D eigenvalue weighted by atomic mass is 16.2. The average molecular weight is 245 g/mol. The van der Waals surface area contributed by atoms with Crippen molar-refractivity contribution in [2.75, 3.05) is 19.6 Å². The molecule has 0 bridgehead atoms. The van der Waals surface area contributed by atoms with Gasteiger partial charge in [0.15, 0.2) is 0 Å². The highest BCUT2D eigenvalue weighted by Crippen LogP contribution is 2.27. The second-order valence-corrected chi connectivity index (χ2v) is 5.22. The highest BCUT2D eigenvalue weighted by molar-refractivity contribution is 5.77. The average Bonchev–Trinajstić information content (AvgIpc) is 2.99. The molecule has 2 atom stereocenters. The number of rotatable bonds is 3. The molecule has 0 radical (unpaired) electrons. The van der Waals surface area contributed by atoms with Crippen molar-refractivity contribution in [3.8, 4) is 0 Å². The first-order valence-corrected chi connectivity index (χ1v) is 6.73. The van der Waals surface area contributed by atoms with Crippen LogP contribution in [0.15, 0.2) is 24.5 Å². The standard InChI is InChI=1S/C14H19N3O/c18-14(2-1-11-3-6-15-7-4-11)17-8-5-12-9-16-10-13(12)17/h3-4,6-7,12-13,16H,1-2,5,8-10H2/t12-,13+/m0/s1. The number of carbonyl (C=O) groups is 1. The van der Waals surface area contributed by atoms with E-state index in [2.05, 4.69) is 15.2 Å². The lowest BCUT2D eigenvalue weighted by atomic mass is 10.0. The number of hydrogen-bond acceptors (Lipinski definition) is 3. The van der Waals surface area contributed by atoms with Crippen LogP contribution in [0.4, 0.5) is 0 Å². The van der Waals surface area contributed by atoms with Crippen LogP contribution in [0.5, 0.6) is 0 Å². The van der Waals surface area contributed by atoms with E-state index in [-0.39, 0.29) is 0 Å². The summed E-state index contributed by atoms with van der Waals surface area (Å²) in [4.78, 5) is 18.3. The van der Waals surface area contributed by atoms with Gasteiger partial charge in [0.05, 0.1) is 0 Å². The van der Waals surface area contributed by atoms with Crippen molar-refractivity contribution in [3.05, 3.63) is 30.1 Å². The number of nitrogens with one attached hydrogen (secondary N) is 1. The molecule has 1 aromatic heterocycles. The summed E-state index contributed by atoms with van der Waals surface area (Å²) in [7, 11) is 0. The molecule has 2 fully saturated rings. The Labute approximate surface area is 107 Å². The summed E-state index contributed by atoms with van der Waals surface area (Å²) in [6.07, 6.45) is 6.17. The SMILES string of the molecule is O=C(CCc1ccncc1)N1CC[C@H]2CNC[C@H]21. The predicted octanol–water partition coefficient (Wildman–Crippen LogP) is 0.834. The van der Waals surface area contributed by atoms with Gasteiger partial charge in [-0.3, -0.25) is 9.78 Å². The number of pyridine rings is 1. The predicted molar refractivity (Wildman–Crippen MR) is 69.0 cm³/mol. The van der Waals surface area contributed by atoms with E-state index in [1.165, 1.54) is 12.0 Å². The molecule has 1 amide bonds. The van der Waals surface area contributed by atoms with Gasteiger partial charge in [0.1, 0.15) is 0 Å². The second-order valence-electron chi connectivity index (χ2n) is 5.22. The van der Waals surface area contributed by atoms with Gasteiger partial charge in [-0.15, -0.1) is 0 Å². The van der Waals surface area contributed by atoms with E-state index in [9.17, 15) is 4.79 Å². The molecule has 0 aliphatic carbocycles. The Morgan fingerprint density at radius 1 is 1.39 bits per heavy atom. The van der Waals surface area contributed by atoms with Gasteiger partial charge >= 0.3 is 0 Å². The van der Waals surface area contributed by atoms with Crippen molar-refractivity contribution in [1.82, 2.24) is 15.2 Å². The van der Waals surface area contributed by atoms with Crippen LogP contribution in [0.3, 0.4) is 0 Å². The summed E-state index contributed by atoms with van der Waals surface area (Å²) < 4.78 is 0. The van der Waals surface area contributed by atoms with E-state index in [1.54, 1.807) is 12.4 Å². The lowest BCUT2D eigenvalue weighted by Crippen LogP contribution is -2.39. The van der Waals surface area contributed by atoms with Crippen LogP contribution in [-0.4, -0.2) is 41.5 Å². The summed E-state index contributed by atoms with van der Waals surface area (Å²) in [5, 5.41) is 3.38. The van der Waals surface area contributed by atoms with Crippen LogP contribution < -0.4 is 5.32 Å². The molecule has 0 aromatic carbocycles.